The Labute approximate surface area is 125 Å². The lowest BCUT2D eigenvalue weighted by Crippen LogP contribution is -2.40. The number of alkyl halides is 3. The minimum atomic E-state index is -3.27. The van der Waals surface area contributed by atoms with Gasteiger partial charge in [0, 0.05) is 5.56 Å². The van der Waals surface area contributed by atoms with E-state index in [2.05, 4.69) is 10.1 Å². The van der Waals surface area contributed by atoms with E-state index in [4.69, 9.17) is 11.6 Å². The fourth-order valence-corrected chi connectivity index (χ4v) is 4.55. The minimum Gasteiger partial charge on any atom is -0.435 e. The van der Waals surface area contributed by atoms with E-state index in [-0.39, 0.29) is 22.8 Å². The van der Waals surface area contributed by atoms with Crippen LogP contribution in [0.2, 0.25) is 0 Å². The number of rotatable bonds is 4. The number of carbonyl (C=O) groups excluding carboxylic acids is 1. The summed E-state index contributed by atoms with van der Waals surface area (Å²) in [7, 11) is -3.27. The zero-order valence-corrected chi connectivity index (χ0v) is 12.2. The molecule has 0 bridgehead atoms. The Morgan fingerprint density at radius 3 is 2.67 bits per heavy atom. The van der Waals surface area contributed by atoms with Gasteiger partial charge in [0.15, 0.2) is 9.84 Å². The molecule has 1 amide bonds. The quantitative estimate of drug-likeness (QED) is 0.842. The van der Waals surface area contributed by atoms with Gasteiger partial charge in [-0.2, -0.15) is 8.78 Å². The number of sulfone groups is 1. The summed E-state index contributed by atoms with van der Waals surface area (Å²) in [6.07, 6.45) is 0. The number of nitrogens with one attached hydrogen (secondary N) is 1. The molecule has 1 fully saturated rings. The third-order valence-corrected chi connectivity index (χ3v) is 5.30. The first-order chi connectivity index (χ1) is 9.77. The highest BCUT2D eigenvalue weighted by Gasteiger charge is 2.37. The molecule has 0 spiro atoms. The van der Waals surface area contributed by atoms with Crippen LogP contribution in [0.25, 0.3) is 0 Å². The minimum absolute atomic E-state index is 0.0846. The van der Waals surface area contributed by atoms with Gasteiger partial charge >= 0.3 is 6.61 Å². The number of halogens is 3. The van der Waals surface area contributed by atoms with Gasteiger partial charge in [-0.15, -0.1) is 11.6 Å². The van der Waals surface area contributed by atoms with Crippen molar-refractivity contribution in [2.24, 2.45) is 0 Å². The molecule has 5 nitrogen and oxygen atoms in total. The first-order valence-corrected chi connectivity index (χ1v) is 8.23. The van der Waals surface area contributed by atoms with Crippen LogP contribution in [0.4, 0.5) is 8.78 Å². The maximum Gasteiger partial charge on any atom is 0.387 e. The SMILES string of the molecule is O=C(NC1CS(=O)(=O)CC1Cl)c1cccc(OC(F)F)c1. The molecule has 1 aliphatic rings. The molecule has 1 heterocycles. The summed E-state index contributed by atoms with van der Waals surface area (Å²) in [6.45, 7) is -2.99. The lowest BCUT2D eigenvalue weighted by Gasteiger charge is -2.14. The van der Waals surface area contributed by atoms with Crippen molar-refractivity contribution in [2.75, 3.05) is 11.5 Å². The van der Waals surface area contributed by atoms with Crippen molar-refractivity contribution < 1.29 is 26.7 Å². The van der Waals surface area contributed by atoms with Gasteiger partial charge in [0.05, 0.1) is 22.9 Å². The van der Waals surface area contributed by atoms with E-state index in [1.165, 1.54) is 18.2 Å². The molecule has 21 heavy (non-hydrogen) atoms. The summed E-state index contributed by atoms with van der Waals surface area (Å²) < 4.78 is 51.2. The molecule has 0 radical (unpaired) electrons. The van der Waals surface area contributed by atoms with Crippen molar-refractivity contribution in [1.82, 2.24) is 5.32 Å². The van der Waals surface area contributed by atoms with E-state index >= 15 is 0 Å². The van der Waals surface area contributed by atoms with Crippen molar-refractivity contribution in [1.29, 1.82) is 0 Å². The third-order valence-electron chi connectivity index (χ3n) is 2.92. The fourth-order valence-electron chi connectivity index (χ4n) is 2.00. The highest BCUT2D eigenvalue weighted by atomic mass is 35.5. The van der Waals surface area contributed by atoms with Gasteiger partial charge < -0.3 is 10.1 Å². The molecular formula is C12H12ClF2NO4S. The summed E-state index contributed by atoms with van der Waals surface area (Å²) in [5.41, 5.74) is 0.0846. The van der Waals surface area contributed by atoms with Crippen LogP contribution in [0, 0.1) is 0 Å². The van der Waals surface area contributed by atoms with Gasteiger partial charge in [-0.25, -0.2) is 8.42 Å². The van der Waals surface area contributed by atoms with Crippen LogP contribution < -0.4 is 10.1 Å². The van der Waals surface area contributed by atoms with Crippen molar-refractivity contribution >= 4 is 27.3 Å². The Morgan fingerprint density at radius 2 is 2.10 bits per heavy atom. The zero-order valence-electron chi connectivity index (χ0n) is 10.6. The van der Waals surface area contributed by atoms with Crippen molar-refractivity contribution in [3.8, 4) is 5.75 Å². The summed E-state index contributed by atoms with van der Waals surface area (Å²) in [5, 5.41) is 1.78. The second-order valence-corrected chi connectivity index (χ2v) is 7.29. The molecule has 0 aromatic heterocycles. The summed E-state index contributed by atoms with van der Waals surface area (Å²) >= 11 is 5.88. The molecule has 0 aliphatic carbocycles. The molecule has 2 rings (SSSR count). The molecule has 1 aromatic rings. The average molecular weight is 340 g/mol. The zero-order chi connectivity index (χ0) is 15.6. The second-order valence-electron chi connectivity index (χ2n) is 4.58. The van der Waals surface area contributed by atoms with E-state index in [0.29, 0.717) is 0 Å². The van der Waals surface area contributed by atoms with Crippen LogP contribution >= 0.6 is 11.6 Å². The fraction of sp³-hybridized carbons (Fsp3) is 0.417. The number of hydrogen-bond donors (Lipinski definition) is 1. The Morgan fingerprint density at radius 1 is 1.38 bits per heavy atom. The lowest BCUT2D eigenvalue weighted by molar-refractivity contribution is -0.0498. The summed E-state index contributed by atoms with van der Waals surface area (Å²) in [6, 6.07) is 4.52. The molecule has 1 aromatic carbocycles. The molecule has 0 saturated carbocycles. The highest BCUT2D eigenvalue weighted by Crippen LogP contribution is 2.20. The molecule has 9 heteroatoms. The number of amides is 1. The van der Waals surface area contributed by atoms with Crippen molar-refractivity contribution in [3.05, 3.63) is 29.8 Å². The van der Waals surface area contributed by atoms with Crippen LogP contribution in [0.5, 0.6) is 5.75 Å². The van der Waals surface area contributed by atoms with Crippen LogP contribution in [0.3, 0.4) is 0 Å². The summed E-state index contributed by atoms with van der Waals surface area (Å²) in [5.74, 6) is -1.18. The lowest BCUT2D eigenvalue weighted by atomic mass is 10.1. The second kappa shape index (κ2) is 6.15. The molecule has 1 N–H and O–H groups in total. The van der Waals surface area contributed by atoms with Crippen molar-refractivity contribution in [3.63, 3.8) is 0 Å². The van der Waals surface area contributed by atoms with Gasteiger partial charge in [-0.05, 0) is 18.2 Å². The van der Waals surface area contributed by atoms with E-state index in [1.807, 2.05) is 0 Å². The first kappa shape index (κ1) is 16.0. The molecule has 1 aliphatic heterocycles. The molecule has 116 valence electrons. The normalized spacial score (nSPS) is 24.0. The van der Waals surface area contributed by atoms with E-state index in [0.717, 1.165) is 6.07 Å². The van der Waals surface area contributed by atoms with Gasteiger partial charge in [0.1, 0.15) is 5.75 Å². The Kier molecular flexibility index (Phi) is 4.67. The van der Waals surface area contributed by atoms with Gasteiger partial charge in [0.25, 0.3) is 5.91 Å². The maximum absolute atomic E-state index is 12.1. The van der Waals surface area contributed by atoms with Crippen LogP contribution in [-0.2, 0) is 9.84 Å². The molecule has 2 atom stereocenters. The third kappa shape index (κ3) is 4.28. The first-order valence-electron chi connectivity index (χ1n) is 5.97. The monoisotopic (exact) mass is 339 g/mol. The Balaban J connectivity index is 2.07. The highest BCUT2D eigenvalue weighted by molar-refractivity contribution is 7.91. The van der Waals surface area contributed by atoms with Gasteiger partial charge in [-0.1, -0.05) is 6.07 Å². The van der Waals surface area contributed by atoms with Gasteiger partial charge in [-0.3, -0.25) is 4.79 Å². The van der Waals surface area contributed by atoms with Crippen LogP contribution in [-0.4, -0.2) is 43.9 Å². The van der Waals surface area contributed by atoms with Crippen LogP contribution in [0.1, 0.15) is 10.4 Å². The number of hydrogen-bond acceptors (Lipinski definition) is 4. The van der Waals surface area contributed by atoms with Gasteiger partial charge in [0.2, 0.25) is 0 Å². The van der Waals surface area contributed by atoms with E-state index in [9.17, 15) is 22.0 Å². The number of benzene rings is 1. The topological polar surface area (TPSA) is 72.5 Å². The molecular weight excluding hydrogens is 328 g/mol. The molecule has 1 saturated heterocycles. The standard InChI is InChI=1S/C12H12ClF2NO4S/c13-9-5-21(18,19)6-10(9)16-11(17)7-2-1-3-8(4-7)20-12(14)15/h1-4,9-10,12H,5-6H2,(H,16,17). The average Bonchev–Trinajstić information content (AvgIpc) is 2.61. The predicted molar refractivity (Wildman–Crippen MR) is 72.6 cm³/mol. The van der Waals surface area contributed by atoms with Crippen molar-refractivity contribution in [2.45, 2.75) is 18.0 Å². The number of carbonyl (C=O) groups is 1. The number of ether oxygens (including phenoxy) is 1. The summed E-state index contributed by atoms with van der Waals surface area (Å²) in [4.78, 5) is 12.0. The van der Waals surface area contributed by atoms with Crippen LogP contribution in [0.15, 0.2) is 24.3 Å². The van der Waals surface area contributed by atoms with E-state index in [1.54, 1.807) is 0 Å². The smallest absolute Gasteiger partial charge is 0.387 e. The Bertz CT molecular complexity index is 638. The molecule has 2 unspecified atom stereocenters. The maximum atomic E-state index is 12.1. The largest absolute Gasteiger partial charge is 0.435 e. The predicted octanol–water partition coefficient (Wildman–Crippen LogP) is 1.42. The van der Waals surface area contributed by atoms with E-state index < -0.39 is 33.8 Å². The Hall–Kier alpha value is -1.41.